The van der Waals surface area contributed by atoms with Gasteiger partial charge >= 0.3 is 11.0 Å². The van der Waals surface area contributed by atoms with E-state index in [1.807, 2.05) is 0 Å². The fraction of sp³-hybridized carbons (Fsp3) is 1.00. The number of hydrogen-bond acceptors (Lipinski definition) is 4. The molecule has 6 nitrogen and oxygen atoms in total. The van der Waals surface area contributed by atoms with E-state index in [2.05, 4.69) is 14.0 Å². The number of nitrogens with zero attached hydrogens (tertiary/aromatic N) is 1. The summed E-state index contributed by atoms with van der Waals surface area (Å²) in [6, 6.07) is 0.920. The van der Waals surface area contributed by atoms with Gasteiger partial charge < -0.3 is 9.03 Å². The highest BCUT2D eigenvalue weighted by Crippen LogP contribution is 2.36. The Morgan fingerprint density at radius 3 is 1.52 bits per heavy atom. The van der Waals surface area contributed by atoms with Gasteiger partial charge in [-0.2, -0.15) is 26.3 Å². The van der Waals surface area contributed by atoms with Crippen LogP contribution in [0, 0.1) is 0 Å². The molecule has 0 aromatic rings. The summed E-state index contributed by atoms with van der Waals surface area (Å²) >= 11 is 0. The van der Waals surface area contributed by atoms with Gasteiger partial charge in [0.1, 0.15) is 0 Å². The minimum Gasteiger partial charge on any atom is -0.421 e. The molecule has 0 amide bonds. The molecule has 1 N–H and O–H groups in total. The SMILES string of the molecule is CC1CCCC[NH+]1C.O=S(=O)([N-]S(=O)(=O)C(F)(F)F)C(F)(F)F. The molecule has 23 heavy (non-hydrogen) atoms. The first-order chi connectivity index (χ1) is 10.0. The minimum atomic E-state index is -6.72. The van der Waals surface area contributed by atoms with Crippen LogP contribution < -0.4 is 4.90 Å². The molecule has 1 aliphatic heterocycles. The quantitative estimate of drug-likeness (QED) is 0.712. The lowest BCUT2D eigenvalue weighted by atomic mass is 10.1. The van der Waals surface area contributed by atoms with Gasteiger partial charge in [-0.25, -0.2) is 16.8 Å². The van der Waals surface area contributed by atoms with Crippen molar-refractivity contribution in [2.75, 3.05) is 13.6 Å². The first kappa shape index (κ1) is 22.4. The van der Waals surface area contributed by atoms with E-state index in [1.165, 1.54) is 25.8 Å². The zero-order valence-corrected chi connectivity index (χ0v) is 13.7. The molecule has 1 rings (SSSR count). The molecule has 1 aliphatic rings. The van der Waals surface area contributed by atoms with Crippen molar-refractivity contribution in [2.24, 2.45) is 0 Å². The zero-order chi connectivity index (χ0) is 18.7. The highest BCUT2D eigenvalue weighted by Gasteiger charge is 2.46. The van der Waals surface area contributed by atoms with E-state index in [4.69, 9.17) is 0 Å². The van der Waals surface area contributed by atoms with Crippen LogP contribution in [0.15, 0.2) is 0 Å². The number of piperidine rings is 1. The van der Waals surface area contributed by atoms with Gasteiger partial charge in [0.05, 0.1) is 19.6 Å². The van der Waals surface area contributed by atoms with Gasteiger partial charge in [0.2, 0.25) is 0 Å². The van der Waals surface area contributed by atoms with E-state index in [9.17, 15) is 43.2 Å². The third kappa shape index (κ3) is 6.81. The number of alkyl halides is 6. The largest absolute Gasteiger partial charge is 0.480 e. The average molecular weight is 394 g/mol. The van der Waals surface area contributed by atoms with Gasteiger partial charge in [0.25, 0.3) is 0 Å². The number of sulfonamides is 2. The lowest BCUT2D eigenvalue weighted by Crippen LogP contribution is -3.13. The van der Waals surface area contributed by atoms with Gasteiger partial charge in [0, 0.05) is 0 Å². The van der Waals surface area contributed by atoms with E-state index >= 15 is 0 Å². The normalized spacial score (nSPS) is 23.8. The fourth-order valence-corrected chi connectivity index (χ4v) is 3.27. The van der Waals surface area contributed by atoms with Crippen LogP contribution in [0.25, 0.3) is 4.13 Å². The molecule has 0 radical (unpaired) electrons. The Morgan fingerprint density at radius 2 is 1.30 bits per heavy atom. The van der Waals surface area contributed by atoms with Crippen LogP contribution in [0.1, 0.15) is 26.2 Å². The van der Waals surface area contributed by atoms with Gasteiger partial charge in [-0.3, -0.25) is 0 Å². The van der Waals surface area contributed by atoms with Crippen molar-refractivity contribution in [3.05, 3.63) is 4.13 Å². The molecule has 0 aliphatic carbocycles. The second-order valence-corrected chi connectivity index (χ2v) is 8.33. The van der Waals surface area contributed by atoms with Gasteiger partial charge in [0.15, 0.2) is 20.0 Å². The van der Waals surface area contributed by atoms with Crippen molar-refractivity contribution in [3.8, 4) is 0 Å². The molecule has 1 heterocycles. The van der Waals surface area contributed by atoms with Crippen molar-refractivity contribution in [1.82, 2.24) is 0 Å². The first-order valence-electron chi connectivity index (χ1n) is 6.20. The van der Waals surface area contributed by atoms with Crippen molar-refractivity contribution in [3.63, 3.8) is 0 Å². The molecule has 1 saturated heterocycles. The molecule has 0 spiro atoms. The van der Waals surface area contributed by atoms with E-state index in [0.29, 0.717) is 0 Å². The second kappa shape index (κ2) is 7.53. The van der Waals surface area contributed by atoms with Gasteiger partial charge in [-0.05, 0) is 26.2 Å². The molecule has 0 bridgehead atoms. The van der Waals surface area contributed by atoms with Crippen LogP contribution in [0.3, 0.4) is 0 Å². The zero-order valence-electron chi connectivity index (χ0n) is 12.1. The Balaban J connectivity index is 0.000000502. The lowest BCUT2D eigenvalue weighted by molar-refractivity contribution is -0.909. The van der Waals surface area contributed by atoms with E-state index in [1.54, 1.807) is 4.90 Å². The molecular weight excluding hydrogens is 378 g/mol. The number of quaternary nitrogens is 1. The Hall–Kier alpha value is -0.600. The summed E-state index contributed by atoms with van der Waals surface area (Å²) in [7, 11) is -11.1. The summed E-state index contributed by atoms with van der Waals surface area (Å²) in [5, 5.41) is 0. The maximum Gasteiger partial charge on any atom is 0.480 e. The predicted octanol–water partition coefficient (Wildman–Crippen LogP) is 1.13. The Bertz CT molecular complexity index is 532. The van der Waals surface area contributed by atoms with Crippen LogP contribution in [-0.4, -0.2) is 47.5 Å². The molecule has 14 heteroatoms. The molecule has 0 saturated carbocycles. The third-order valence-electron chi connectivity index (χ3n) is 3.08. The predicted molar refractivity (Wildman–Crippen MR) is 68.4 cm³/mol. The van der Waals surface area contributed by atoms with Crippen LogP contribution in [0.5, 0.6) is 0 Å². The highest BCUT2D eigenvalue weighted by atomic mass is 32.3. The van der Waals surface area contributed by atoms with Gasteiger partial charge in [-0.15, -0.1) is 0 Å². The van der Waals surface area contributed by atoms with Crippen molar-refractivity contribution in [2.45, 2.75) is 43.2 Å². The number of likely N-dealkylation sites (tertiary alicyclic amines) is 1. The van der Waals surface area contributed by atoms with Gasteiger partial charge in [-0.1, -0.05) is 0 Å². The van der Waals surface area contributed by atoms with Crippen molar-refractivity contribution in [1.29, 1.82) is 0 Å². The molecule has 1 fully saturated rings. The standard InChI is InChI=1S/C7H15N.C2F6NO4S2/c1-7-5-3-4-6-8(7)2;3-1(4,5)14(10,11)9-15(12,13)2(6,7)8/h7H,3-6H2,1-2H3;/q;-1/p+1. The first-order valence-corrected chi connectivity index (χ1v) is 9.08. The van der Waals surface area contributed by atoms with Crippen LogP contribution in [-0.2, 0) is 20.0 Å². The monoisotopic (exact) mass is 394 g/mol. The average Bonchev–Trinajstić information content (AvgIpc) is 2.29. The van der Waals surface area contributed by atoms with E-state index < -0.39 is 31.1 Å². The van der Waals surface area contributed by atoms with Crippen LogP contribution in [0.4, 0.5) is 26.3 Å². The van der Waals surface area contributed by atoms with E-state index in [-0.39, 0.29) is 0 Å². The Labute approximate surface area is 129 Å². The molecule has 2 atom stereocenters. The fourth-order valence-electron chi connectivity index (χ4n) is 1.56. The second-order valence-electron chi connectivity index (χ2n) is 4.91. The van der Waals surface area contributed by atoms with Crippen LogP contribution in [0.2, 0.25) is 0 Å². The maximum absolute atomic E-state index is 11.4. The molecule has 140 valence electrons. The third-order valence-corrected chi connectivity index (χ3v) is 5.82. The Kier molecular flexibility index (Phi) is 7.33. The topological polar surface area (TPSA) is 86.8 Å². The summed E-state index contributed by atoms with van der Waals surface area (Å²) in [5.74, 6) is 0. The lowest BCUT2D eigenvalue weighted by Gasteiger charge is -2.25. The molecule has 0 aromatic carbocycles. The Morgan fingerprint density at radius 1 is 0.913 bits per heavy atom. The minimum absolute atomic E-state index is 0.778. The number of halogens is 6. The summed E-state index contributed by atoms with van der Waals surface area (Å²) < 4.78 is 109. The van der Waals surface area contributed by atoms with Crippen LogP contribution >= 0.6 is 0 Å². The summed E-state index contributed by atoms with van der Waals surface area (Å²) in [5.41, 5.74) is -12.4. The summed E-state index contributed by atoms with van der Waals surface area (Å²) in [6.45, 7) is 3.73. The number of nitrogens with one attached hydrogen (secondary N) is 1. The van der Waals surface area contributed by atoms with Crippen molar-refractivity contribution >= 4 is 20.0 Å². The number of hydrogen-bond donors (Lipinski definition) is 1. The smallest absolute Gasteiger partial charge is 0.421 e. The van der Waals surface area contributed by atoms with E-state index in [0.717, 1.165) is 10.2 Å². The van der Waals surface area contributed by atoms with Crippen molar-refractivity contribution < 1.29 is 48.1 Å². The molecular formula is C9H16F6N2O4S2. The highest BCUT2D eigenvalue weighted by molar-refractivity contribution is 8.13. The summed E-state index contributed by atoms with van der Waals surface area (Å²) in [4.78, 5) is 1.72. The molecule has 2 unspecified atom stereocenters. The summed E-state index contributed by atoms with van der Waals surface area (Å²) in [6.07, 6.45) is 4.33. The molecule has 0 aromatic heterocycles. The number of rotatable bonds is 2. The maximum atomic E-state index is 11.4.